The fraction of sp³-hybridized carbons (Fsp3) is 0.333. The maximum absolute atomic E-state index is 12.5. The monoisotopic (exact) mass is 316 g/mol. The highest BCUT2D eigenvalue weighted by molar-refractivity contribution is 7.89. The van der Waals surface area contributed by atoms with Gasteiger partial charge in [-0.25, -0.2) is 8.42 Å². The molecule has 8 heteroatoms. The summed E-state index contributed by atoms with van der Waals surface area (Å²) >= 11 is 5.86. The van der Waals surface area contributed by atoms with E-state index in [0.717, 1.165) is 10.4 Å². The van der Waals surface area contributed by atoms with Crippen molar-refractivity contribution in [3.05, 3.63) is 28.8 Å². The van der Waals surface area contributed by atoms with Crippen molar-refractivity contribution in [3.63, 3.8) is 0 Å². The van der Waals surface area contributed by atoms with Gasteiger partial charge in [0, 0.05) is 6.04 Å². The highest BCUT2D eigenvalue weighted by Gasteiger charge is 2.30. The molecule has 1 rings (SSSR count). The summed E-state index contributed by atoms with van der Waals surface area (Å²) in [7, 11) is -4.09. The Bertz CT molecular complexity index is 665. The smallest absolute Gasteiger partial charge is 0.318 e. The Hall–Kier alpha value is -1.62. The van der Waals surface area contributed by atoms with E-state index < -0.39 is 28.6 Å². The van der Waals surface area contributed by atoms with Crippen LogP contribution < -0.4 is 0 Å². The molecule has 0 fully saturated rings. The number of carboxylic acids is 1. The molecule has 1 aromatic rings. The van der Waals surface area contributed by atoms with Gasteiger partial charge in [0.1, 0.15) is 11.4 Å². The molecule has 0 spiro atoms. The Morgan fingerprint density at radius 1 is 1.50 bits per heavy atom. The molecular formula is C12H13ClN2O4S. The Balaban J connectivity index is 3.41. The Morgan fingerprint density at radius 3 is 2.55 bits per heavy atom. The van der Waals surface area contributed by atoms with Crippen LogP contribution >= 0.6 is 11.6 Å². The molecule has 1 aromatic carbocycles. The topological polar surface area (TPSA) is 98.5 Å². The number of sulfonamides is 1. The summed E-state index contributed by atoms with van der Waals surface area (Å²) in [5.74, 6) is -1.27. The first kappa shape index (κ1) is 16.4. The van der Waals surface area contributed by atoms with E-state index in [2.05, 4.69) is 0 Å². The van der Waals surface area contributed by atoms with Crippen LogP contribution in [0.3, 0.4) is 0 Å². The summed E-state index contributed by atoms with van der Waals surface area (Å²) in [4.78, 5) is 10.5. The molecule has 0 amide bonds. The van der Waals surface area contributed by atoms with Gasteiger partial charge < -0.3 is 5.11 Å². The summed E-state index contributed by atoms with van der Waals surface area (Å²) in [6.45, 7) is 2.44. The maximum atomic E-state index is 12.5. The number of aliphatic carboxylic acids is 1. The lowest BCUT2D eigenvalue weighted by molar-refractivity contribution is -0.137. The number of nitriles is 1. The van der Waals surface area contributed by atoms with Gasteiger partial charge in [-0.2, -0.15) is 9.57 Å². The summed E-state index contributed by atoms with van der Waals surface area (Å²) in [6, 6.07) is 5.08. The van der Waals surface area contributed by atoms with E-state index >= 15 is 0 Å². The van der Waals surface area contributed by atoms with Gasteiger partial charge in [0.25, 0.3) is 0 Å². The van der Waals surface area contributed by atoms with Crippen LogP contribution in [0.2, 0.25) is 5.02 Å². The molecule has 0 atom stereocenters. The lowest BCUT2D eigenvalue weighted by atomic mass is 10.2. The zero-order valence-corrected chi connectivity index (χ0v) is 12.4. The standard InChI is InChI=1S/C12H13ClN2O4S/c1-8(2)15(7-12(16)17)20(18,19)11-5-9(6-14)3-4-10(11)13/h3-5,8H,7H2,1-2H3,(H,16,17). The first-order chi connectivity index (χ1) is 9.20. The van der Waals surface area contributed by atoms with Crippen LogP contribution in [0.15, 0.2) is 23.1 Å². The van der Waals surface area contributed by atoms with Gasteiger partial charge in [0.2, 0.25) is 10.0 Å². The van der Waals surface area contributed by atoms with Gasteiger partial charge in [-0.3, -0.25) is 4.79 Å². The molecule has 0 radical (unpaired) electrons. The fourth-order valence-electron chi connectivity index (χ4n) is 1.58. The van der Waals surface area contributed by atoms with E-state index in [1.807, 2.05) is 6.07 Å². The number of nitrogens with zero attached hydrogens (tertiary/aromatic N) is 2. The lowest BCUT2D eigenvalue weighted by Gasteiger charge is -2.24. The van der Waals surface area contributed by atoms with Gasteiger partial charge in [0.05, 0.1) is 16.7 Å². The summed E-state index contributed by atoms with van der Waals surface area (Å²) < 4.78 is 25.8. The normalized spacial score (nSPS) is 11.6. The van der Waals surface area contributed by atoms with E-state index in [-0.39, 0.29) is 15.5 Å². The lowest BCUT2D eigenvalue weighted by Crippen LogP contribution is -2.40. The van der Waals surface area contributed by atoms with Gasteiger partial charge >= 0.3 is 5.97 Å². The quantitative estimate of drug-likeness (QED) is 0.891. The molecule has 0 aliphatic carbocycles. The predicted molar refractivity (Wildman–Crippen MR) is 72.8 cm³/mol. The van der Waals surface area contributed by atoms with Gasteiger partial charge in [-0.05, 0) is 32.0 Å². The van der Waals surface area contributed by atoms with Crippen LogP contribution in [0.4, 0.5) is 0 Å². The fourth-order valence-corrected chi connectivity index (χ4v) is 3.66. The molecule has 0 bridgehead atoms. The van der Waals surface area contributed by atoms with Crippen LogP contribution in [-0.4, -0.2) is 36.4 Å². The molecule has 0 aliphatic rings. The van der Waals surface area contributed by atoms with Crippen molar-refractivity contribution < 1.29 is 18.3 Å². The van der Waals surface area contributed by atoms with E-state index in [4.69, 9.17) is 22.0 Å². The third kappa shape index (κ3) is 3.48. The Morgan fingerprint density at radius 2 is 2.10 bits per heavy atom. The van der Waals surface area contributed by atoms with Crippen molar-refractivity contribution in [3.8, 4) is 6.07 Å². The van der Waals surface area contributed by atoms with Crippen LogP contribution in [0.1, 0.15) is 19.4 Å². The number of carboxylic acid groups (broad SMARTS) is 1. The third-order valence-electron chi connectivity index (χ3n) is 2.51. The average molecular weight is 317 g/mol. The molecule has 6 nitrogen and oxygen atoms in total. The molecule has 0 unspecified atom stereocenters. The molecule has 1 N–H and O–H groups in total. The van der Waals surface area contributed by atoms with Crippen molar-refractivity contribution >= 4 is 27.6 Å². The van der Waals surface area contributed by atoms with Gasteiger partial charge in [0.15, 0.2) is 0 Å². The first-order valence-corrected chi connectivity index (χ1v) is 7.45. The van der Waals surface area contributed by atoms with Crippen LogP contribution in [0.25, 0.3) is 0 Å². The van der Waals surface area contributed by atoms with Crippen molar-refractivity contribution in [1.82, 2.24) is 4.31 Å². The number of rotatable bonds is 5. The third-order valence-corrected chi connectivity index (χ3v) is 5.02. The second-order valence-electron chi connectivity index (χ2n) is 4.29. The zero-order chi connectivity index (χ0) is 15.5. The molecule has 0 aliphatic heterocycles. The first-order valence-electron chi connectivity index (χ1n) is 5.63. The minimum atomic E-state index is -4.09. The second kappa shape index (κ2) is 6.22. The molecule has 0 heterocycles. The van der Waals surface area contributed by atoms with E-state index in [9.17, 15) is 13.2 Å². The van der Waals surface area contributed by atoms with Crippen molar-refractivity contribution in [2.75, 3.05) is 6.54 Å². The van der Waals surface area contributed by atoms with Crippen molar-refractivity contribution in [1.29, 1.82) is 5.26 Å². The second-order valence-corrected chi connectivity index (χ2v) is 6.56. The zero-order valence-electron chi connectivity index (χ0n) is 10.9. The minimum absolute atomic E-state index is 0.0555. The van der Waals surface area contributed by atoms with Crippen LogP contribution in [-0.2, 0) is 14.8 Å². The Kier molecular flexibility index (Phi) is 5.11. The van der Waals surface area contributed by atoms with Gasteiger partial charge in [-0.1, -0.05) is 11.6 Å². The highest BCUT2D eigenvalue weighted by Crippen LogP contribution is 2.26. The number of halogens is 1. The molecule has 20 heavy (non-hydrogen) atoms. The van der Waals surface area contributed by atoms with Gasteiger partial charge in [-0.15, -0.1) is 0 Å². The number of hydrogen-bond acceptors (Lipinski definition) is 4. The predicted octanol–water partition coefficient (Wildman–Crippen LogP) is 1.70. The molecule has 0 aromatic heterocycles. The van der Waals surface area contributed by atoms with Crippen LogP contribution in [0, 0.1) is 11.3 Å². The maximum Gasteiger partial charge on any atom is 0.318 e. The largest absolute Gasteiger partial charge is 0.480 e. The molecule has 0 saturated carbocycles. The Labute approximate surface area is 122 Å². The summed E-state index contributed by atoms with van der Waals surface area (Å²) in [5.41, 5.74) is 0.131. The molecule has 108 valence electrons. The highest BCUT2D eigenvalue weighted by atomic mass is 35.5. The summed E-state index contributed by atoms with van der Waals surface area (Å²) in [6.07, 6.45) is 0. The minimum Gasteiger partial charge on any atom is -0.480 e. The van der Waals surface area contributed by atoms with Crippen molar-refractivity contribution in [2.45, 2.75) is 24.8 Å². The van der Waals surface area contributed by atoms with Crippen LogP contribution in [0.5, 0.6) is 0 Å². The van der Waals surface area contributed by atoms with E-state index in [0.29, 0.717) is 0 Å². The van der Waals surface area contributed by atoms with E-state index in [1.165, 1.54) is 12.1 Å². The number of hydrogen-bond donors (Lipinski definition) is 1. The van der Waals surface area contributed by atoms with Crippen molar-refractivity contribution in [2.24, 2.45) is 0 Å². The summed E-state index contributed by atoms with van der Waals surface area (Å²) in [5, 5.41) is 17.6. The molecular weight excluding hydrogens is 304 g/mol. The SMILES string of the molecule is CC(C)N(CC(=O)O)S(=O)(=O)c1cc(C#N)ccc1Cl. The number of carbonyl (C=O) groups is 1. The number of benzene rings is 1. The van der Waals surface area contributed by atoms with E-state index in [1.54, 1.807) is 13.8 Å². The average Bonchev–Trinajstić information content (AvgIpc) is 2.35. The molecule has 0 saturated heterocycles.